The minimum Gasteiger partial charge on any atom is -0.493 e. The zero-order valence-corrected chi connectivity index (χ0v) is 17.6. The monoisotopic (exact) mass is 392 g/mol. The van der Waals surface area contributed by atoms with E-state index in [0.717, 1.165) is 60.1 Å². The Morgan fingerprint density at radius 3 is 2.76 bits per heavy atom. The van der Waals surface area contributed by atoms with Crippen LogP contribution in [-0.2, 0) is 13.0 Å². The first-order valence-corrected chi connectivity index (χ1v) is 10.0. The van der Waals surface area contributed by atoms with Crippen molar-refractivity contribution in [1.29, 1.82) is 0 Å². The number of hydrogen-bond acceptors (Lipinski definition) is 5. The first-order chi connectivity index (χ1) is 14.1. The van der Waals surface area contributed by atoms with E-state index in [9.17, 15) is 0 Å². The van der Waals surface area contributed by atoms with Crippen LogP contribution in [0, 0.1) is 13.8 Å². The number of para-hydroxylation sites is 1. The van der Waals surface area contributed by atoms with Gasteiger partial charge >= 0.3 is 0 Å². The van der Waals surface area contributed by atoms with Crippen molar-refractivity contribution in [2.45, 2.75) is 26.8 Å². The zero-order valence-electron chi connectivity index (χ0n) is 17.6. The average Bonchev–Trinajstić information content (AvgIpc) is 2.91. The van der Waals surface area contributed by atoms with E-state index in [1.165, 1.54) is 16.5 Å². The lowest BCUT2D eigenvalue weighted by Gasteiger charge is -2.20. The smallest absolute Gasteiger partial charge is 0.218 e. The van der Waals surface area contributed by atoms with Gasteiger partial charge < -0.3 is 14.2 Å². The number of rotatable bonds is 5. The molecule has 0 radical (unpaired) electrons. The van der Waals surface area contributed by atoms with E-state index in [4.69, 9.17) is 19.2 Å². The van der Waals surface area contributed by atoms with Crippen molar-refractivity contribution in [2.24, 2.45) is 0 Å². The van der Waals surface area contributed by atoms with Gasteiger partial charge in [-0.2, -0.15) is 0 Å². The molecule has 0 N–H and O–H groups in total. The topological polar surface area (TPSA) is 43.8 Å². The summed E-state index contributed by atoms with van der Waals surface area (Å²) in [6.45, 7) is 7.50. The van der Waals surface area contributed by atoms with Crippen LogP contribution >= 0.6 is 0 Å². The number of hydrogen-bond donors (Lipinski definition) is 0. The third kappa shape index (κ3) is 4.01. The summed E-state index contributed by atoms with van der Waals surface area (Å²) >= 11 is 0. The minimum absolute atomic E-state index is 0.645. The molecule has 3 aromatic rings. The van der Waals surface area contributed by atoms with Crippen LogP contribution in [-0.4, -0.2) is 43.8 Å². The van der Waals surface area contributed by atoms with E-state index < -0.39 is 0 Å². The molecule has 5 nitrogen and oxygen atoms in total. The first-order valence-electron chi connectivity index (χ1n) is 10.0. The van der Waals surface area contributed by atoms with Gasteiger partial charge in [0, 0.05) is 30.6 Å². The van der Waals surface area contributed by atoms with Gasteiger partial charge in [0.05, 0.1) is 19.7 Å². The van der Waals surface area contributed by atoms with Crippen molar-refractivity contribution in [3.63, 3.8) is 0 Å². The van der Waals surface area contributed by atoms with Gasteiger partial charge in [-0.3, -0.25) is 4.90 Å². The second-order valence-electron chi connectivity index (χ2n) is 7.63. The summed E-state index contributed by atoms with van der Waals surface area (Å²) in [5.74, 6) is 2.36. The van der Waals surface area contributed by atoms with Crippen LogP contribution in [0.25, 0.3) is 10.9 Å². The largest absolute Gasteiger partial charge is 0.493 e. The standard InChI is InChI=1S/C24H28N2O3/c1-16-12-17(2)22-19(13-16)14-20-15-26(10-11-29-24(20)25-22)9-8-18-6-5-7-21(27-3)23(18)28-4/h5-7,12-14H,8-11,15H2,1-4H3. The summed E-state index contributed by atoms with van der Waals surface area (Å²) in [5.41, 5.74) is 5.78. The van der Waals surface area contributed by atoms with Crippen molar-refractivity contribution < 1.29 is 14.2 Å². The van der Waals surface area contributed by atoms with Gasteiger partial charge in [-0.1, -0.05) is 23.8 Å². The predicted octanol–water partition coefficient (Wildman–Crippen LogP) is 4.31. The Morgan fingerprint density at radius 1 is 1.10 bits per heavy atom. The molecule has 5 heteroatoms. The number of ether oxygens (including phenoxy) is 3. The van der Waals surface area contributed by atoms with Crippen LogP contribution in [0.15, 0.2) is 36.4 Å². The highest BCUT2D eigenvalue weighted by Gasteiger charge is 2.19. The van der Waals surface area contributed by atoms with Crippen LogP contribution in [0.5, 0.6) is 17.4 Å². The highest BCUT2D eigenvalue weighted by atomic mass is 16.5. The zero-order chi connectivity index (χ0) is 20.4. The summed E-state index contributed by atoms with van der Waals surface area (Å²) in [5, 5.41) is 1.18. The molecule has 1 aliphatic rings. The maximum atomic E-state index is 6.01. The Morgan fingerprint density at radius 2 is 1.97 bits per heavy atom. The number of pyridine rings is 1. The van der Waals surface area contributed by atoms with Crippen LogP contribution in [0.2, 0.25) is 0 Å². The molecule has 0 spiro atoms. The second-order valence-corrected chi connectivity index (χ2v) is 7.63. The number of aromatic nitrogens is 1. The highest BCUT2D eigenvalue weighted by molar-refractivity contribution is 5.84. The number of aryl methyl sites for hydroxylation is 2. The maximum absolute atomic E-state index is 6.01. The molecule has 0 fully saturated rings. The third-order valence-corrected chi connectivity index (χ3v) is 5.51. The van der Waals surface area contributed by atoms with Crippen LogP contribution in [0.1, 0.15) is 22.3 Å². The first kappa shape index (κ1) is 19.5. The lowest BCUT2D eigenvalue weighted by molar-refractivity contribution is 0.225. The van der Waals surface area contributed by atoms with Gasteiger partial charge in [-0.05, 0) is 49.6 Å². The molecule has 2 heterocycles. The lowest BCUT2D eigenvalue weighted by atomic mass is 10.0. The van der Waals surface area contributed by atoms with Crippen LogP contribution < -0.4 is 14.2 Å². The molecule has 0 unspecified atom stereocenters. The number of nitrogens with zero attached hydrogens (tertiary/aromatic N) is 2. The van der Waals surface area contributed by atoms with E-state index in [1.54, 1.807) is 14.2 Å². The molecule has 1 aromatic heterocycles. The van der Waals surface area contributed by atoms with Crippen LogP contribution in [0.4, 0.5) is 0 Å². The van der Waals surface area contributed by atoms with Crippen molar-refractivity contribution in [2.75, 3.05) is 33.9 Å². The SMILES string of the molecule is COc1cccc(CCN2CCOc3nc4c(C)cc(C)cc4cc3C2)c1OC. The van der Waals surface area contributed by atoms with E-state index in [2.05, 4.69) is 43.0 Å². The van der Waals surface area contributed by atoms with E-state index in [-0.39, 0.29) is 0 Å². The lowest BCUT2D eigenvalue weighted by Crippen LogP contribution is -2.28. The average molecular weight is 392 g/mol. The fourth-order valence-electron chi connectivity index (χ4n) is 4.13. The predicted molar refractivity (Wildman–Crippen MR) is 115 cm³/mol. The van der Waals surface area contributed by atoms with Gasteiger partial charge in [-0.25, -0.2) is 4.98 Å². The summed E-state index contributed by atoms with van der Waals surface area (Å²) in [7, 11) is 3.36. The highest BCUT2D eigenvalue weighted by Crippen LogP contribution is 2.32. The second kappa shape index (κ2) is 8.29. The van der Waals surface area contributed by atoms with E-state index >= 15 is 0 Å². The number of benzene rings is 2. The van der Waals surface area contributed by atoms with Crippen LogP contribution in [0.3, 0.4) is 0 Å². The molecular formula is C24H28N2O3. The molecule has 0 amide bonds. The molecule has 4 rings (SSSR count). The Bertz CT molecular complexity index is 1030. The van der Waals surface area contributed by atoms with E-state index in [1.807, 2.05) is 12.1 Å². The molecule has 1 aliphatic heterocycles. The van der Waals surface area contributed by atoms with Gasteiger partial charge in [0.1, 0.15) is 6.61 Å². The summed E-state index contributed by atoms with van der Waals surface area (Å²) in [6.07, 6.45) is 0.884. The normalized spacial score (nSPS) is 14.2. The van der Waals surface area contributed by atoms with Gasteiger partial charge in [0.2, 0.25) is 5.88 Å². The Labute approximate surface area is 172 Å². The molecule has 0 bridgehead atoms. The molecule has 29 heavy (non-hydrogen) atoms. The minimum atomic E-state index is 0.645. The maximum Gasteiger partial charge on any atom is 0.218 e. The summed E-state index contributed by atoms with van der Waals surface area (Å²) in [4.78, 5) is 7.25. The molecule has 0 saturated carbocycles. The Balaban J connectivity index is 1.56. The molecule has 0 aliphatic carbocycles. The quantitative estimate of drug-likeness (QED) is 0.647. The molecule has 0 atom stereocenters. The van der Waals surface area contributed by atoms with Crippen molar-refractivity contribution >= 4 is 10.9 Å². The fourth-order valence-corrected chi connectivity index (χ4v) is 4.13. The fraction of sp³-hybridized carbons (Fsp3) is 0.375. The Hall–Kier alpha value is -2.79. The Kier molecular flexibility index (Phi) is 5.58. The van der Waals surface area contributed by atoms with Gasteiger partial charge in [0.25, 0.3) is 0 Å². The van der Waals surface area contributed by atoms with Crippen molar-refractivity contribution in [3.8, 4) is 17.4 Å². The summed E-state index contributed by atoms with van der Waals surface area (Å²) < 4.78 is 17.0. The van der Waals surface area contributed by atoms with E-state index in [0.29, 0.717) is 6.61 Å². The summed E-state index contributed by atoms with van der Waals surface area (Å²) in [6, 6.07) is 12.7. The number of methoxy groups -OCH3 is 2. The molecule has 2 aromatic carbocycles. The van der Waals surface area contributed by atoms with Crippen molar-refractivity contribution in [3.05, 3.63) is 58.7 Å². The molecule has 152 valence electrons. The van der Waals surface area contributed by atoms with Gasteiger partial charge in [0.15, 0.2) is 11.5 Å². The third-order valence-electron chi connectivity index (χ3n) is 5.51. The van der Waals surface area contributed by atoms with Gasteiger partial charge in [-0.15, -0.1) is 0 Å². The molecule has 0 saturated heterocycles. The molecular weight excluding hydrogens is 364 g/mol. The van der Waals surface area contributed by atoms with Crippen molar-refractivity contribution in [1.82, 2.24) is 9.88 Å². The number of fused-ring (bicyclic) bond motifs is 2.